The number of carbonyl (C=O) groups is 2. The average Bonchev–Trinajstić information content (AvgIpc) is 2.74. The molecule has 20 heavy (non-hydrogen) atoms. The summed E-state index contributed by atoms with van der Waals surface area (Å²) < 4.78 is 6.55. The molecular formula is C13H10BrNO3S2. The molecule has 0 atom stereocenters. The van der Waals surface area contributed by atoms with E-state index < -0.39 is 0 Å². The van der Waals surface area contributed by atoms with Gasteiger partial charge in [0, 0.05) is 11.4 Å². The quantitative estimate of drug-likeness (QED) is 0.450. The first-order valence-corrected chi connectivity index (χ1v) is 8.37. The van der Waals surface area contributed by atoms with Gasteiger partial charge in [-0.15, -0.1) is 11.8 Å². The van der Waals surface area contributed by atoms with Gasteiger partial charge in [-0.2, -0.15) is 0 Å². The maximum absolute atomic E-state index is 11.8. The average molecular weight is 372 g/mol. The van der Waals surface area contributed by atoms with Crippen LogP contribution < -0.4 is 4.74 Å². The molecule has 0 saturated carbocycles. The zero-order valence-electron chi connectivity index (χ0n) is 10.7. The molecule has 0 aliphatic carbocycles. The van der Waals surface area contributed by atoms with Gasteiger partial charge in [-0.1, -0.05) is 15.9 Å². The smallest absolute Gasteiger partial charge is 0.308 e. The van der Waals surface area contributed by atoms with E-state index in [1.165, 1.54) is 18.7 Å². The lowest BCUT2D eigenvalue weighted by atomic mass is 10.2. The fourth-order valence-corrected chi connectivity index (χ4v) is 3.11. The Morgan fingerprint density at radius 3 is 2.85 bits per heavy atom. The predicted octanol–water partition coefficient (Wildman–Crippen LogP) is 3.71. The van der Waals surface area contributed by atoms with E-state index in [0.29, 0.717) is 11.4 Å². The Bertz CT molecular complexity index is 641. The number of rotatable bonds is 2. The zero-order chi connectivity index (χ0) is 14.7. The highest BCUT2D eigenvalue weighted by Crippen LogP contribution is 2.32. The van der Waals surface area contributed by atoms with Crippen LogP contribution in [0.5, 0.6) is 5.75 Å². The number of thioether (sulfide) groups is 2. The minimum atomic E-state index is -0.388. The number of esters is 1. The summed E-state index contributed by atoms with van der Waals surface area (Å²) in [6.07, 6.45) is 3.55. The SMILES string of the molecule is CSC1=NC(=Cc2cc(OC(C)=O)ccc2Br)C(=O)S1. The molecule has 0 fully saturated rings. The Labute approximate surface area is 133 Å². The van der Waals surface area contributed by atoms with Gasteiger partial charge in [-0.05, 0) is 47.9 Å². The predicted molar refractivity (Wildman–Crippen MR) is 87.0 cm³/mol. The number of carbonyl (C=O) groups excluding carboxylic acids is 2. The van der Waals surface area contributed by atoms with Crippen LogP contribution in [0, 0.1) is 0 Å². The maximum Gasteiger partial charge on any atom is 0.308 e. The van der Waals surface area contributed by atoms with Gasteiger partial charge in [0.05, 0.1) is 0 Å². The van der Waals surface area contributed by atoms with Crippen molar-refractivity contribution in [2.75, 3.05) is 6.26 Å². The first kappa shape index (κ1) is 15.3. The molecule has 0 aromatic heterocycles. The van der Waals surface area contributed by atoms with Gasteiger partial charge in [-0.3, -0.25) is 9.59 Å². The van der Waals surface area contributed by atoms with E-state index >= 15 is 0 Å². The molecule has 0 spiro atoms. The van der Waals surface area contributed by atoms with E-state index in [-0.39, 0.29) is 11.1 Å². The molecule has 2 rings (SSSR count). The van der Waals surface area contributed by atoms with Crippen molar-refractivity contribution in [2.45, 2.75) is 6.92 Å². The molecule has 104 valence electrons. The van der Waals surface area contributed by atoms with Crippen molar-refractivity contribution in [1.29, 1.82) is 0 Å². The number of hydrogen-bond donors (Lipinski definition) is 0. The zero-order valence-corrected chi connectivity index (χ0v) is 13.9. The largest absolute Gasteiger partial charge is 0.427 e. The van der Waals surface area contributed by atoms with Crippen LogP contribution in [0.3, 0.4) is 0 Å². The highest BCUT2D eigenvalue weighted by atomic mass is 79.9. The number of nitrogens with zero attached hydrogens (tertiary/aromatic N) is 1. The lowest BCUT2D eigenvalue weighted by Crippen LogP contribution is -2.01. The second-order valence-corrected chi connectivity index (χ2v) is 6.65. The summed E-state index contributed by atoms with van der Waals surface area (Å²) in [4.78, 5) is 27.0. The molecule has 0 radical (unpaired) electrons. The van der Waals surface area contributed by atoms with Crippen LogP contribution in [0.25, 0.3) is 6.08 Å². The molecule has 7 heteroatoms. The minimum Gasteiger partial charge on any atom is -0.427 e. The van der Waals surface area contributed by atoms with Gasteiger partial charge < -0.3 is 4.74 Å². The normalized spacial score (nSPS) is 16.4. The van der Waals surface area contributed by atoms with Gasteiger partial charge >= 0.3 is 5.97 Å². The first-order chi connectivity index (χ1) is 9.49. The Balaban J connectivity index is 2.35. The molecule has 1 aliphatic heterocycles. The lowest BCUT2D eigenvalue weighted by Gasteiger charge is -2.04. The summed E-state index contributed by atoms with van der Waals surface area (Å²) >= 11 is 5.95. The van der Waals surface area contributed by atoms with E-state index in [0.717, 1.165) is 26.2 Å². The second-order valence-electron chi connectivity index (χ2n) is 3.78. The maximum atomic E-state index is 11.8. The van der Waals surface area contributed by atoms with Crippen LogP contribution in [-0.2, 0) is 9.59 Å². The van der Waals surface area contributed by atoms with Crippen LogP contribution in [0.15, 0.2) is 33.4 Å². The summed E-state index contributed by atoms with van der Waals surface area (Å²) in [5.74, 6) is 0.0424. The third kappa shape index (κ3) is 3.74. The van der Waals surface area contributed by atoms with Crippen molar-refractivity contribution in [3.8, 4) is 5.75 Å². The summed E-state index contributed by atoms with van der Waals surface area (Å²) in [7, 11) is 0. The Morgan fingerprint density at radius 1 is 1.50 bits per heavy atom. The third-order valence-electron chi connectivity index (χ3n) is 2.30. The Hall–Kier alpha value is -1.05. The highest BCUT2D eigenvalue weighted by molar-refractivity contribution is 9.10. The molecule has 0 saturated heterocycles. The molecule has 0 amide bonds. The minimum absolute atomic E-state index is 0.0841. The monoisotopic (exact) mass is 371 g/mol. The van der Waals surface area contributed by atoms with Crippen molar-refractivity contribution in [2.24, 2.45) is 4.99 Å². The van der Waals surface area contributed by atoms with Crippen LogP contribution in [0.1, 0.15) is 12.5 Å². The number of ether oxygens (including phenoxy) is 1. The van der Waals surface area contributed by atoms with E-state index in [1.54, 1.807) is 24.3 Å². The number of hydrogen-bond acceptors (Lipinski definition) is 6. The number of halogens is 1. The van der Waals surface area contributed by atoms with E-state index in [4.69, 9.17) is 4.74 Å². The summed E-state index contributed by atoms with van der Waals surface area (Å²) in [6, 6.07) is 5.12. The van der Waals surface area contributed by atoms with Gasteiger partial charge in [0.15, 0.2) is 0 Å². The van der Waals surface area contributed by atoms with Crippen LogP contribution in [-0.4, -0.2) is 21.7 Å². The fraction of sp³-hybridized carbons (Fsp3) is 0.154. The summed E-state index contributed by atoms with van der Waals surface area (Å²) in [6.45, 7) is 1.34. The van der Waals surface area contributed by atoms with Crippen molar-refractivity contribution in [3.63, 3.8) is 0 Å². The second kappa shape index (κ2) is 6.60. The molecule has 0 bridgehead atoms. The number of aliphatic imine (C=N–C) groups is 1. The van der Waals surface area contributed by atoms with Crippen molar-refractivity contribution in [3.05, 3.63) is 33.9 Å². The molecule has 4 nitrogen and oxygen atoms in total. The Kier molecular flexibility index (Phi) is 5.06. The fourth-order valence-electron chi connectivity index (χ4n) is 1.49. The summed E-state index contributed by atoms with van der Waals surface area (Å²) in [5, 5.41) is -0.0841. The number of benzene rings is 1. The van der Waals surface area contributed by atoms with Crippen LogP contribution >= 0.6 is 39.5 Å². The van der Waals surface area contributed by atoms with Crippen molar-refractivity contribution < 1.29 is 14.3 Å². The topological polar surface area (TPSA) is 55.7 Å². The molecule has 0 N–H and O–H groups in total. The standard InChI is InChI=1S/C13H10BrNO3S2/c1-7(16)18-9-3-4-10(14)8(5-9)6-11-12(17)20-13(15-11)19-2/h3-6H,1-2H3. The van der Waals surface area contributed by atoms with Gasteiger partial charge in [0.2, 0.25) is 5.12 Å². The molecule has 1 aromatic rings. The van der Waals surface area contributed by atoms with Crippen LogP contribution in [0.4, 0.5) is 0 Å². The van der Waals surface area contributed by atoms with Gasteiger partial charge in [0.25, 0.3) is 0 Å². The van der Waals surface area contributed by atoms with E-state index in [2.05, 4.69) is 20.9 Å². The van der Waals surface area contributed by atoms with Gasteiger partial charge in [0.1, 0.15) is 15.8 Å². The Morgan fingerprint density at radius 2 is 2.25 bits per heavy atom. The molecule has 0 unspecified atom stereocenters. The first-order valence-electron chi connectivity index (χ1n) is 5.54. The highest BCUT2D eigenvalue weighted by Gasteiger charge is 2.21. The van der Waals surface area contributed by atoms with E-state index in [1.807, 2.05) is 6.26 Å². The molecule has 1 heterocycles. The lowest BCUT2D eigenvalue weighted by molar-refractivity contribution is -0.131. The van der Waals surface area contributed by atoms with Crippen LogP contribution in [0.2, 0.25) is 0 Å². The van der Waals surface area contributed by atoms with Gasteiger partial charge in [-0.25, -0.2) is 4.99 Å². The van der Waals surface area contributed by atoms with Crippen molar-refractivity contribution >= 4 is 61.0 Å². The van der Waals surface area contributed by atoms with Crippen molar-refractivity contribution in [1.82, 2.24) is 0 Å². The molecule has 1 aliphatic rings. The molecular weight excluding hydrogens is 362 g/mol. The third-order valence-corrected chi connectivity index (χ3v) is 4.87. The summed E-state index contributed by atoms with van der Waals surface area (Å²) in [5.41, 5.74) is 1.12. The molecule has 1 aromatic carbocycles. The van der Waals surface area contributed by atoms with E-state index in [9.17, 15) is 9.59 Å².